The fourth-order valence-electron chi connectivity index (χ4n) is 1.72. The van der Waals surface area contributed by atoms with Crippen molar-refractivity contribution in [2.75, 3.05) is 5.32 Å². The van der Waals surface area contributed by atoms with Gasteiger partial charge < -0.3 is 10.6 Å². The van der Waals surface area contributed by atoms with Crippen molar-refractivity contribution < 1.29 is 9.59 Å². The number of anilines is 1. The highest BCUT2D eigenvalue weighted by atomic mass is 16.2. The van der Waals surface area contributed by atoms with Crippen molar-refractivity contribution >= 4 is 17.5 Å². The quantitative estimate of drug-likeness (QED) is 0.825. The fraction of sp³-hybridized carbons (Fsp3) is 0.0625. The first kappa shape index (κ1) is 14.5. The van der Waals surface area contributed by atoms with E-state index in [4.69, 9.17) is 0 Å². The summed E-state index contributed by atoms with van der Waals surface area (Å²) in [5.74, 6) is -0.463. The van der Waals surface area contributed by atoms with Crippen molar-refractivity contribution in [1.29, 1.82) is 0 Å². The Labute approximate surface area is 122 Å². The molecule has 1 heterocycles. The third-order valence-corrected chi connectivity index (χ3v) is 2.76. The van der Waals surface area contributed by atoms with Crippen LogP contribution in [0.25, 0.3) is 0 Å². The summed E-state index contributed by atoms with van der Waals surface area (Å²) in [6.07, 6.45) is 4.33. The molecule has 5 nitrogen and oxygen atoms in total. The molecule has 0 aliphatic carbocycles. The molecule has 0 aliphatic rings. The summed E-state index contributed by atoms with van der Waals surface area (Å²) < 4.78 is 0. The van der Waals surface area contributed by atoms with Crippen LogP contribution in [0.4, 0.5) is 5.69 Å². The van der Waals surface area contributed by atoms with Crippen LogP contribution in [0, 0.1) is 0 Å². The van der Waals surface area contributed by atoms with Crippen molar-refractivity contribution in [2.45, 2.75) is 6.54 Å². The summed E-state index contributed by atoms with van der Waals surface area (Å²) in [6, 6.07) is 10.7. The van der Waals surface area contributed by atoms with Crippen molar-refractivity contribution in [3.05, 3.63) is 72.6 Å². The number of aromatic nitrogens is 1. The second-order valence-corrected chi connectivity index (χ2v) is 4.32. The maximum absolute atomic E-state index is 12.0. The molecule has 21 heavy (non-hydrogen) atoms. The van der Waals surface area contributed by atoms with Gasteiger partial charge in [0.25, 0.3) is 5.91 Å². The SMILES string of the molecule is C=CC(=O)NCc1cccc(NC(=O)c2cccnc2)c1. The van der Waals surface area contributed by atoms with Gasteiger partial charge in [-0.1, -0.05) is 18.7 Å². The molecule has 1 aromatic heterocycles. The van der Waals surface area contributed by atoms with Crippen LogP contribution in [0.2, 0.25) is 0 Å². The van der Waals surface area contributed by atoms with E-state index in [1.807, 2.05) is 12.1 Å². The molecular formula is C16H15N3O2. The van der Waals surface area contributed by atoms with Gasteiger partial charge in [-0.15, -0.1) is 0 Å². The number of hydrogen-bond acceptors (Lipinski definition) is 3. The number of hydrogen-bond donors (Lipinski definition) is 2. The maximum atomic E-state index is 12.0. The molecule has 5 heteroatoms. The van der Waals surface area contributed by atoms with Gasteiger partial charge in [0, 0.05) is 24.6 Å². The van der Waals surface area contributed by atoms with E-state index < -0.39 is 0 Å². The van der Waals surface area contributed by atoms with Crippen LogP contribution in [0.3, 0.4) is 0 Å². The lowest BCUT2D eigenvalue weighted by molar-refractivity contribution is -0.116. The lowest BCUT2D eigenvalue weighted by atomic mass is 10.2. The van der Waals surface area contributed by atoms with E-state index in [0.29, 0.717) is 17.8 Å². The van der Waals surface area contributed by atoms with Crippen molar-refractivity contribution in [1.82, 2.24) is 10.3 Å². The number of benzene rings is 1. The van der Waals surface area contributed by atoms with Crippen LogP contribution >= 0.6 is 0 Å². The Bertz CT molecular complexity index is 654. The first-order chi connectivity index (χ1) is 10.2. The monoisotopic (exact) mass is 281 g/mol. The molecular weight excluding hydrogens is 266 g/mol. The smallest absolute Gasteiger partial charge is 0.257 e. The second-order valence-electron chi connectivity index (χ2n) is 4.32. The Morgan fingerprint density at radius 2 is 2.10 bits per heavy atom. The third kappa shape index (κ3) is 4.28. The number of carbonyl (C=O) groups is 2. The standard InChI is InChI=1S/C16H15N3O2/c1-2-15(20)18-10-12-5-3-7-14(9-12)19-16(21)13-6-4-8-17-11-13/h2-9,11H,1,10H2,(H,18,20)(H,19,21). The number of nitrogens with zero attached hydrogens (tertiary/aromatic N) is 1. The van der Waals surface area contributed by atoms with E-state index >= 15 is 0 Å². The lowest BCUT2D eigenvalue weighted by Crippen LogP contribution is -2.20. The highest BCUT2D eigenvalue weighted by molar-refractivity contribution is 6.04. The lowest BCUT2D eigenvalue weighted by Gasteiger charge is -2.08. The second kappa shape index (κ2) is 7.00. The summed E-state index contributed by atoms with van der Waals surface area (Å²) in [5.41, 5.74) is 2.03. The van der Waals surface area contributed by atoms with E-state index in [-0.39, 0.29) is 11.8 Å². The molecule has 0 bridgehead atoms. The number of amides is 2. The van der Waals surface area contributed by atoms with Gasteiger partial charge in [-0.2, -0.15) is 0 Å². The predicted molar refractivity (Wildman–Crippen MR) is 80.7 cm³/mol. The van der Waals surface area contributed by atoms with Gasteiger partial charge in [-0.3, -0.25) is 14.6 Å². The van der Waals surface area contributed by atoms with Gasteiger partial charge >= 0.3 is 0 Å². The first-order valence-electron chi connectivity index (χ1n) is 6.39. The van der Waals surface area contributed by atoms with Crippen LogP contribution in [0.15, 0.2) is 61.4 Å². The minimum atomic E-state index is -0.236. The third-order valence-electron chi connectivity index (χ3n) is 2.76. The number of rotatable bonds is 5. The maximum Gasteiger partial charge on any atom is 0.257 e. The molecule has 2 amide bonds. The van der Waals surface area contributed by atoms with Crippen molar-refractivity contribution in [3.8, 4) is 0 Å². The van der Waals surface area contributed by atoms with E-state index in [1.165, 1.54) is 12.3 Å². The zero-order valence-corrected chi connectivity index (χ0v) is 11.4. The van der Waals surface area contributed by atoms with Crippen LogP contribution in [-0.4, -0.2) is 16.8 Å². The Kier molecular flexibility index (Phi) is 4.82. The van der Waals surface area contributed by atoms with Crippen LogP contribution in [-0.2, 0) is 11.3 Å². The van der Waals surface area contributed by atoms with Gasteiger partial charge in [0.15, 0.2) is 0 Å². The van der Waals surface area contributed by atoms with Gasteiger partial charge in [-0.25, -0.2) is 0 Å². The summed E-state index contributed by atoms with van der Waals surface area (Å²) in [7, 11) is 0. The Balaban J connectivity index is 2.02. The summed E-state index contributed by atoms with van der Waals surface area (Å²) >= 11 is 0. The predicted octanol–water partition coefficient (Wildman–Crippen LogP) is 2.14. The van der Waals surface area contributed by atoms with Gasteiger partial charge in [-0.05, 0) is 35.9 Å². The van der Waals surface area contributed by atoms with Gasteiger partial charge in [0.2, 0.25) is 5.91 Å². The number of carbonyl (C=O) groups excluding carboxylic acids is 2. The van der Waals surface area contributed by atoms with E-state index in [0.717, 1.165) is 5.56 Å². The molecule has 106 valence electrons. The first-order valence-corrected chi connectivity index (χ1v) is 6.39. The Morgan fingerprint density at radius 1 is 1.24 bits per heavy atom. The topological polar surface area (TPSA) is 71.1 Å². The average Bonchev–Trinajstić information content (AvgIpc) is 2.53. The molecule has 0 radical (unpaired) electrons. The number of nitrogens with one attached hydrogen (secondary N) is 2. The molecule has 2 N–H and O–H groups in total. The summed E-state index contributed by atoms with van der Waals surface area (Å²) in [4.78, 5) is 27.0. The van der Waals surface area contributed by atoms with E-state index in [1.54, 1.807) is 30.5 Å². The Morgan fingerprint density at radius 3 is 2.81 bits per heavy atom. The molecule has 0 fully saturated rings. The highest BCUT2D eigenvalue weighted by Gasteiger charge is 2.06. The summed E-state index contributed by atoms with van der Waals surface area (Å²) in [6.45, 7) is 3.76. The molecule has 0 spiro atoms. The average molecular weight is 281 g/mol. The molecule has 0 unspecified atom stereocenters. The van der Waals surface area contributed by atoms with E-state index in [2.05, 4.69) is 22.2 Å². The number of pyridine rings is 1. The molecule has 0 aliphatic heterocycles. The van der Waals surface area contributed by atoms with Crippen molar-refractivity contribution in [2.24, 2.45) is 0 Å². The van der Waals surface area contributed by atoms with Crippen LogP contribution in [0.1, 0.15) is 15.9 Å². The highest BCUT2D eigenvalue weighted by Crippen LogP contribution is 2.12. The normalized spacial score (nSPS) is 9.71. The fourth-order valence-corrected chi connectivity index (χ4v) is 1.72. The largest absolute Gasteiger partial charge is 0.348 e. The Hall–Kier alpha value is -2.95. The molecule has 2 rings (SSSR count). The van der Waals surface area contributed by atoms with Gasteiger partial charge in [0.05, 0.1) is 5.56 Å². The molecule has 0 saturated carbocycles. The zero-order chi connectivity index (χ0) is 15.1. The summed E-state index contributed by atoms with van der Waals surface area (Å²) in [5, 5.41) is 5.47. The minimum absolute atomic E-state index is 0.227. The molecule has 0 atom stereocenters. The van der Waals surface area contributed by atoms with Crippen LogP contribution < -0.4 is 10.6 Å². The zero-order valence-electron chi connectivity index (χ0n) is 11.4. The molecule has 2 aromatic rings. The van der Waals surface area contributed by atoms with Crippen molar-refractivity contribution in [3.63, 3.8) is 0 Å². The molecule has 0 saturated heterocycles. The van der Waals surface area contributed by atoms with Gasteiger partial charge in [0.1, 0.15) is 0 Å². The van der Waals surface area contributed by atoms with Crippen LogP contribution in [0.5, 0.6) is 0 Å². The minimum Gasteiger partial charge on any atom is -0.348 e. The van der Waals surface area contributed by atoms with E-state index in [9.17, 15) is 9.59 Å². The molecule has 1 aromatic carbocycles.